The zero-order valence-corrected chi connectivity index (χ0v) is 14.6. The van der Waals surface area contributed by atoms with E-state index in [9.17, 15) is 4.79 Å². The zero-order chi connectivity index (χ0) is 18.1. The summed E-state index contributed by atoms with van der Waals surface area (Å²) in [6.07, 6.45) is 0.590. The van der Waals surface area contributed by atoms with E-state index in [-0.39, 0.29) is 11.8 Å². The van der Waals surface area contributed by atoms with Crippen molar-refractivity contribution in [2.45, 2.75) is 26.2 Å². The van der Waals surface area contributed by atoms with Crippen LogP contribution in [0.25, 0.3) is 0 Å². The van der Waals surface area contributed by atoms with Crippen LogP contribution in [0.1, 0.15) is 34.0 Å². The van der Waals surface area contributed by atoms with Gasteiger partial charge in [-0.1, -0.05) is 23.4 Å². The zero-order valence-electron chi connectivity index (χ0n) is 14.6. The van der Waals surface area contributed by atoms with Crippen molar-refractivity contribution in [2.24, 2.45) is 0 Å². The van der Waals surface area contributed by atoms with Gasteiger partial charge in [-0.25, -0.2) is 0 Å². The summed E-state index contributed by atoms with van der Waals surface area (Å²) in [6.45, 7) is 4.47. The molecular weight excluding hydrogens is 330 g/mol. The number of ether oxygens (including phenoxy) is 1. The highest BCUT2D eigenvalue weighted by Crippen LogP contribution is 2.36. The lowest BCUT2D eigenvalue weighted by Gasteiger charge is -2.11. The number of carbonyl (C=O) groups excluding carboxylic acids is 1. The van der Waals surface area contributed by atoms with Crippen molar-refractivity contribution < 1.29 is 9.53 Å². The van der Waals surface area contributed by atoms with Crippen molar-refractivity contribution >= 4 is 11.6 Å². The first-order chi connectivity index (χ1) is 12.6. The lowest BCUT2D eigenvalue weighted by Crippen LogP contribution is -2.22. The maximum atomic E-state index is 12.7. The fraction of sp³-hybridized carbons (Fsp3) is 0.263. The van der Waals surface area contributed by atoms with Crippen LogP contribution in [0.15, 0.2) is 36.4 Å². The maximum absolute atomic E-state index is 12.7. The number of H-pyrrole nitrogens is 1. The third-order valence-electron chi connectivity index (χ3n) is 4.70. The van der Waals surface area contributed by atoms with Gasteiger partial charge < -0.3 is 10.1 Å². The summed E-state index contributed by atoms with van der Waals surface area (Å²) in [5, 5.41) is 16.8. The predicted octanol–water partition coefficient (Wildman–Crippen LogP) is 2.52. The highest BCUT2D eigenvalue weighted by Gasteiger charge is 2.31. The molecule has 1 atom stereocenters. The van der Waals surface area contributed by atoms with Gasteiger partial charge in [0, 0.05) is 17.7 Å². The van der Waals surface area contributed by atoms with Gasteiger partial charge in [0.25, 0.3) is 0 Å². The summed E-state index contributed by atoms with van der Waals surface area (Å²) in [5.74, 6) is 1.09. The first-order valence-corrected chi connectivity index (χ1v) is 8.46. The smallest absolute Gasteiger partial charge is 0.235 e. The molecule has 2 heterocycles. The van der Waals surface area contributed by atoms with E-state index >= 15 is 0 Å². The normalized spacial score (nSPS) is 15.4. The lowest BCUT2D eigenvalue weighted by molar-refractivity contribution is -0.117. The molecule has 0 bridgehead atoms. The quantitative estimate of drug-likeness (QED) is 0.755. The third kappa shape index (κ3) is 3.15. The number of aromatic amines is 1. The molecule has 132 valence electrons. The van der Waals surface area contributed by atoms with E-state index in [1.165, 1.54) is 5.56 Å². The minimum Gasteiger partial charge on any atom is -0.492 e. The molecule has 0 radical (unpaired) electrons. The standard InChI is InChI=1S/C19H19N5O2/c1-11-7-15-16(10-26-17(15)8-12(11)2)19(25)20-14-5-3-13(4-6-14)9-18-21-23-24-22-18/h3-8,16H,9-10H2,1-2H3,(H,20,25)(H,21,22,23,24). The maximum Gasteiger partial charge on any atom is 0.235 e. The SMILES string of the molecule is Cc1cc2c(cc1C)C(C(=O)Nc1ccc(Cc3nn[nH]n3)cc1)CO2. The Balaban J connectivity index is 1.45. The van der Waals surface area contributed by atoms with E-state index in [4.69, 9.17) is 4.74 Å². The van der Waals surface area contributed by atoms with Crippen LogP contribution in [0.4, 0.5) is 5.69 Å². The monoisotopic (exact) mass is 349 g/mol. The number of fused-ring (bicyclic) bond motifs is 1. The molecule has 2 N–H and O–H groups in total. The highest BCUT2D eigenvalue weighted by atomic mass is 16.5. The number of nitrogens with zero attached hydrogens (tertiary/aromatic N) is 3. The third-order valence-corrected chi connectivity index (χ3v) is 4.70. The summed E-state index contributed by atoms with van der Waals surface area (Å²) in [5.41, 5.74) is 5.09. The average Bonchev–Trinajstić information content (AvgIpc) is 3.27. The Bertz CT molecular complexity index is 935. The Morgan fingerprint density at radius 2 is 2.00 bits per heavy atom. The number of aromatic nitrogens is 4. The summed E-state index contributed by atoms with van der Waals surface area (Å²) < 4.78 is 5.70. The van der Waals surface area contributed by atoms with Crippen molar-refractivity contribution in [3.63, 3.8) is 0 Å². The fourth-order valence-electron chi connectivity index (χ4n) is 3.06. The molecule has 7 heteroatoms. The molecule has 1 unspecified atom stereocenters. The van der Waals surface area contributed by atoms with E-state index in [1.54, 1.807) is 0 Å². The Labute approximate surface area is 150 Å². The van der Waals surface area contributed by atoms with Crippen molar-refractivity contribution in [3.8, 4) is 5.75 Å². The number of rotatable bonds is 4. The number of nitrogens with one attached hydrogen (secondary N) is 2. The van der Waals surface area contributed by atoms with E-state index in [2.05, 4.69) is 32.0 Å². The number of hydrogen-bond donors (Lipinski definition) is 2. The topological polar surface area (TPSA) is 92.8 Å². The van der Waals surface area contributed by atoms with Gasteiger partial charge in [-0.05, 0) is 48.7 Å². The van der Waals surface area contributed by atoms with Crippen molar-refractivity contribution in [1.29, 1.82) is 0 Å². The molecule has 7 nitrogen and oxygen atoms in total. The molecule has 0 aliphatic carbocycles. The fourth-order valence-corrected chi connectivity index (χ4v) is 3.06. The van der Waals surface area contributed by atoms with E-state index in [0.29, 0.717) is 18.9 Å². The first kappa shape index (κ1) is 16.3. The van der Waals surface area contributed by atoms with Gasteiger partial charge >= 0.3 is 0 Å². The van der Waals surface area contributed by atoms with Crippen LogP contribution >= 0.6 is 0 Å². The molecule has 4 rings (SSSR count). The van der Waals surface area contributed by atoms with Crippen LogP contribution in [0, 0.1) is 13.8 Å². The Morgan fingerprint density at radius 3 is 2.73 bits per heavy atom. The molecule has 1 aliphatic heterocycles. The van der Waals surface area contributed by atoms with Crippen molar-refractivity contribution in [3.05, 3.63) is 64.5 Å². The van der Waals surface area contributed by atoms with Crippen molar-refractivity contribution in [1.82, 2.24) is 20.6 Å². The summed E-state index contributed by atoms with van der Waals surface area (Å²) >= 11 is 0. The average molecular weight is 349 g/mol. The molecule has 0 spiro atoms. The van der Waals surface area contributed by atoms with Crippen LogP contribution in [0.3, 0.4) is 0 Å². The van der Waals surface area contributed by atoms with E-state index in [1.807, 2.05) is 44.2 Å². The molecule has 3 aromatic rings. The van der Waals surface area contributed by atoms with Crippen LogP contribution in [-0.4, -0.2) is 33.1 Å². The Kier molecular flexibility index (Phi) is 4.12. The highest BCUT2D eigenvalue weighted by molar-refractivity contribution is 5.97. The number of aryl methyl sites for hydroxylation is 2. The molecule has 2 aromatic carbocycles. The number of carbonyl (C=O) groups is 1. The van der Waals surface area contributed by atoms with Crippen LogP contribution < -0.4 is 10.1 Å². The molecule has 0 saturated carbocycles. The number of tetrazole rings is 1. The molecule has 1 amide bonds. The molecule has 0 fully saturated rings. The molecule has 1 aromatic heterocycles. The summed E-state index contributed by atoms with van der Waals surface area (Å²) in [6, 6.07) is 11.7. The Morgan fingerprint density at radius 1 is 1.23 bits per heavy atom. The second-order valence-corrected chi connectivity index (χ2v) is 6.53. The van der Waals surface area contributed by atoms with Gasteiger partial charge in [-0.15, -0.1) is 10.2 Å². The van der Waals surface area contributed by atoms with Crippen LogP contribution in [-0.2, 0) is 11.2 Å². The van der Waals surface area contributed by atoms with Crippen LogP contribution in [0.2, 0.25) is 0 Å². The minimum atomic E-state index is -0.289. The van der Waals surface area contributed by atoms with Crippen molar-refractivity contribution in [2.75, 3.05) is 11.9 Å². The summed E-state index contributed by atoms with van der Waals surface area (Å²) in [4.78, 5) is 12.7. The predicted molar refractivity (Wildman–Crippen MR) is 96.2 cm³/mol. The van der Waals surface area contributed by atoms with Gasteiger partial charge in [0.05, 0.1) is 0 Å². The largest absolute Gasteiger partial charge is 0.492 e. The molecule has 0 saturated heterocycles. The van der Waals surface area contributed by atoms with E-state index < -0.39 is 0 Å². The lowest BCUT2D eigenvalue weighted by atomic mass is 9.96. The number of anilines is 1. The van der Waals surface area contributed by atoms with Gasteiger partial charge in [0.2, 0.25) is 5.91 Å². The second kappa shape index (κ2) is 6.59. The van der Waals surface area contributed by atoms with E-state index in [0.717, 1.165) is 28.1 Å². The van der Waals surface area contributed by atoms with Crippen LogP contribution in [0.5, 0.6) is 5.75 Å². The summed E-state index contributed by atoms with van der Waals surface area (Å²) in [7, 11) is 0. The van der Waals surface area contributed by atoms with Gasteiger partial charge in [-0.2, -0.15) is 5.21 Å². The number of hydrogen-bond acceptors (Lipinski definition) is 5. The van der Waals surface area contributed by atoms with Gasteiger partial charge in [0.1, 0.15) is 18.3 Å². The minimum absolute atomic E-state index is 0.0575. The number of benzene rings is 2. The van der Waals surface area contributed by atoms with Gasteiger partial charge in [0.15, 0.2) is 5.82 Å². The molecular formula is C19H19N5O2. The molecule has 26 heavy (non-hydrogen) atoms. The first-order valence-electron chi connectivity index (χ1n) is 8.46. The van der Waals surface area contributed by atoms with Gasteiger partial charge in [-0.3, -0.25) is 4.79 Å². The molecule has 1 aliphatic rings. The second-order valence-electron chi connectivity index (χ2n) is 6.53. The number of amides is 1. The Hall–Kier alpha value is -3.22.